The number of hydrogen-bond acceptors (Lipinski definition) is 0. The molecule has 0 bridgehead atoms. The first kappa shape index (κ1) is 13.9. The Morgan fingerprint density at radius 3 is 2.81 bits per heavy atom. The third-order valence-corrected chi connectivity index (χ3v) is 8.11. The quantitative estimate of drug-likeness (QED) is 0.414. The first-order valence-electron chi connectivity index (χ1n) is 9.16. The first-order valence-corrected chi connectivity index (χ1v) is 9.16. The van der Waals surface area contributed by atoms with Crippen molar-refractivity contribution in [3.05, 3.63) is 30.0 Å². The van der Waals surface area contributed by atoms with E-state index in [0.29, 0.717) is 10.8 Å². The van der Waals surface area contributed by atoms with Crippen LogP contribution in [0.4, 0.5) is 0 Å². The van der Waals surface area contributed by atoms with Crippen LogP contribution in [0.25, 0.3) is 0 Å². The maximum absolute atomic E-state index is 4.14. The molecular weight excluding hydrogens is 252 g/mol. The number of rotatable bonds is 1. The fourth-order valence-electron chi connectivity index (χ4n) is 6.87. The second-order valence-electron chi connectivity index (χ2n) is 8.66. The molecule has 4 aliphatic carbocycles. The van der Waals surface area contributed by atoms with E-state index in [1.54, 1.807) is 5.57 Å². The summed E-state index contributed by atoms with van der Waals surface area (Å²) in [6, 6.07) is 0. The van der Waals surface area contributed by atoms with E-state index in [4.69, 9.17) is 0 Å². The van der Waals surface area contributed by atoms with Crippen molar-refractivity contribution < 1.29 is 0 Å². The molecule has 21 heavy (non-hydrogen) atoms. The molecule has 0 aromatic rings. The maximum atomic E-state index is 4.14. The van der Waals surface area contributed by atoms with E-state index in [1.807, 2.05) is 0 Å². The minimum absolute atomic E-state index is 0.477. The van der Waals surface area contributed by atoms with Gasteiger partial charge in [-0.1, -0.05) is 19.9 Å². The van der Waals surface area contributed by atoms with Gasteiger partial charge in [-0.15, -0.1) is 12.3 Å². The summed E-state index contributed by atoms with van der Waals surface area (Å²) in [7, 11) is 0. The Morgan fingerprint density at radius 2 is 2.00 bits per heavy atom. The first-order chi connectivity index (χ1) is 10.1. The van der Waals surface area contributed by atoms with Crippen molar-refractivity contribution in [1.29, 1.82) is 0 Å². The molecular formula is C21H30. The van der Waals surface area contributed by atoms with Crippen LogP contribution in [0.5, 0.6) is 0 Å². The second-order valence-corrected chi connectivity index (χ2v) is 8.66. The van der Waals surface area contributed by atoms with Gasteiger partial charge in [0.05, 0.1) is 0 Å². The third kappa shape index (κ3) is 1.75. The highest BCUT2D eigenvalue weighted by Gasteiger charge is 2.57. The van der Waals surface area contributed by atoms with Crippen molar-refractivity contribution in [2.75, 3.05) is 0 Å². The van der Waals surface area contributed by atoms with E-state index >= 15 is 0 Å². The molecule has 0 aromatic carbocycles. The summed E-state index contributed by atoms with van der Waals surface area (Å²) in [5.74, 6) is 3.65. The molecule has 0 heterocycles. The highest BCUT2D eigenvalue weighted by atomic mass is 14.6. The molecule has 0 aliphatic heterocycles. The van der Waals surface area contributed by atoms with Crippen LogP contribution in [0.15, 0.2) is 30.0 Å². The van der Waals surface area contributed by atoms with Gasteiger partial charge in [0.25, 0.3) is 0 Å². The van der Waals surface area contributed by atoms with Crippen molar-refractivity contribution >= 4 is 0 Å². The molecule has 0 radical (unpaired) electrons. The summed E-state index contributed by atoms with van der Waals surface area (Å²) in [5.41, 5.74) is 6.36. The zero-order valence-corrected chi connectivity index (χ0v) is 13.8. The van der Waals surface area contributed by atoms with Crippen molar-refractivity contribution in [1.82, 2.24) is 0 Å². The summed E-state index contributed by atoms with van der Waals surface area (Å²) >= 11 is 0. The van der Waals surface area contributed by atoms with Gasteiger partial charge in [-0.2, -0.15) is 0 Å². The molecule has 6 atom stereocenters. The van der Waals surface area contributed by atoms with Crippen LogP contribution in [0.1, 0.15) is 65.2 Å². The second kappa shape index (κ2) is 4.63. The fraction of sp³-hybridized carbons (Fsp3) is 0.762. The average molecular weight is 282 g/mol. The van der Waals surface area contributed by atoms with E-state index in [1.165, 1.54) is 51.4 Å². The lowest BCUT2D eigenvalue weighted by atomic mass is 9.47. The molecule has 4 aliphatic rings. The standard InChI is InChI=1S/C21H30/c1-4-15-9-11-18-17-10-8-16-7-5-6-13-20(16,2)19(17)12-14-21(15,18)3/h4-5,15,17-19H,1,6,8-14H2,2-3H3/t15-,17-,18-,19-,20-,21+/m0/s1. The lowest BCUT2D eigenvalue weighted by Crippen LogP contribution is -2.49. The van der Waals surface area contributed by atoms with Crippen LogP contribution in [0.2, 0.25) is 0 Å². The Balaban J connectivity index is 1.70. The summed E-state index contributed by atoms with van der Waals surface area (Å²) in [6.45, 7) is 9.30. The summed E-state index contributed by atoms with van der Waals surface area (Å²) < 4.78 is 0. The van der Waals surface area contributed by atoms with Crippen LogP contribution >= 0.6 is 0 Å². The highest BCUT2D eigenvalue weighted by molar-refractivity contribution is 5.24. The zero-order chi connectivity index (χ0) is 14.7. The van der Waals surface area contributed by atoms with Crippen LogP contribution in [-0.2, 0) is 0 Å². The Morgan fingerprint density at radius 1 is 1.14 bits per heavy atom. The minimum Gasteiger partial charge on any atom is -0.126 e. The fourth-order valence-corrected chi connectivity index (χ4v) is 6.87. The highest BCUT2D eigenvalue weighted by Crippen LogP contribution is 2.66. The van der Waals surface area contributed by atoms with E-state index in [9.17, 15) is 0 Å². The SMILES string of the molecule is C=C[C@H]1CC[C@H]2[C@@H]3CCC4=C=CCC[C@]4(C)[C@H]3CC[C@]12C. The van der Waals surface area contributed by atoms with Gasteiger partial charge in [0.15, 0.2) is 0 Å². The topological polar surface area (TPSA) is 0 Å². The number of hydrogen-bond donors (Lipinski definition) is 0. The van der Waals surface area contributed by atoms with E-state index in [2.05, 4.69) is 38.3 Å². The molecule has 114 valence electrons. The zero-order valence-electron chi connectivity index (χ0n) is 13.8. The monoisotopic (exact) mass is 282 g/mol. The average Bonchev–Trinajstić information content (AvgIpc) is 2.83. The normalized spacial score (nSPS) is 51.6. The van der Waals surface area contributed by atoms with Crippen molar-refractivity contribution in [3.8, 4) is 0 Å². The van der Waals surface area contributed by atoms with Crippen LogP contribution in [-0.4, -0.2) is 0 Å². The molecule has 0 spiro atoms. The summed E-state index contributed by atoms with van der Waals surface area (Å²) in [4.78, 5) is 0. The van der Waals surface area contributed by atoms with Gasteiger partial charge in [0.2, 0.25) is 0 Å². The van der Waals surface area contributed by atoms with E-state index < -0.39 is 0 Å². The Labute approximate surface area is 130 Å². The lowest BCUT2D eigenvalue weighted by Gasteiger charge is -2.57. The van der Waals surface area contributed by atoms with Gasteiger partial charge in [-0.05, 0) is 97.5 Å². The van der Waals surface area contributed by atoms with Crippen LogP contribution in [0, 0.1) is 34.5 Å². The van der Waals surface area contributed by atoms with E-state index in [0.717, 1.165) is 23.7 Å². The van der Waals surface area contributed by atoms with Crippen LogP contribution < -0.4 is 0 Å². The Kier molecular flexibility index (Phi) is 3.06. The molecule has 0 nitrogen and oxygen atoms in total. The van der Waals surface area contributed by atoms with Crippen molar-refractivity contribution in [2.24, 2.45) is 34.5 Å². The number of fused-ring (bicyclic) bond motifs is 5. The van der Waals surface area contributed by atoms with Gasteiger partial charge >= 0.3 is 0 Å². The smallest absolute Gasteiger partial charge is 0.000653 e. The molecule has 3 saturated carbocycles. The molecule has 0 unspecified atom stereocenters. The van der Waals surface area contributed by atoms with E-state index in [-0.39, 0.29) is 0 Å². The lowest BCUT2D eigenvalue weighted by molar-refractivity contribution is -0.0431. The molecule has 4 rings (SSSR count). The van der Waals surface area contributed by atoms with Crippen molar-refractivity contribution in [3.63, 3.8) is 0 Å². The van der Waals surface area contributed by atoms with Gasteiger partial charge < -0.3 is 0 Å². The largest absolute Gasteiger partial charge is 0.126 e. The van der Waals surface area contributed by atoms with Gasteiger partial charge in [0, 0.05) is 0 Å². The summed E-state index contributed by atoms with van der Waals surface area (Å²) in [6.07, 6.45) is 15.7. The Bertz CT molecular complexity index is 520. The maximum Gasteiger partial charge on any atom is -0.000653 e. The Hall–Kier alpha value is -0.740. The molecule has 0 amide bonds. The van der Waals surface area contributed by atoms with Crippen molar-refractivity contribution in [2.45, 2.75) is 65.2 Å². The van der Waals surface area contributed by atoms with Crippen LogP contribution in [0.3, 0.4) is 0 Å². The van der Waals surface area contributed by atoms with Gasteiger partial charge in [-0.3, -0.25) is 0 Å². The third-order valence-electron chi connectivity index (χ3n) is 8.11. The summed E-state index contributed by atoms with van der Waals surface area (Å²) in [5, 5.41) is 0. The molecule has 0 heteroatoms. The van der Waals surface area contributed by atoms with Gasteiger partial charge in [0.1, 0.15) is 0 Å². The molecule has 3 fully saturated rings. The van der Waals surface area contributed by atoms with Gasteiger partial charge in [-0.25, -0.2) is 0 Å². The minimum atomic E-state index is 0.477. The number of allylic oxidation sites excluding steroid dienone is 2. The predicted molar refractivity (Wildman–Crippen MR) is 88.9 cm³/mol. The molecule has 0 saturated heterocycles. The molecule has 0 aromatic heterocycles. The predicted octanol–water partition coefficient (Wildman–Crippen LogP) is 5.91. The molecule has 0 N–H and O–H groups in total.